The highest BCUT2D eigenvalue weighted by Gasteiger charge is 2.22. The molecule has 0 saturated carbocycles. The summed E-state index contributed by atoms with van der Waals surface area (Å²) in [5.74, 6) is -1.82. The number of carbonyl (C=O) groups is 6. The highest BCUT2D eigenvalue weighted by molar-refractivity contribution is 6.12. The summed E-state index contributed by atoms with van der Waals surface area (Å²) in [5, 5.41) is 2.64. The monoisotopic (exact) mass is 600 g/mol. The Labute approximate surface area is 246 Å². The maximum Gasteiger partial charge on any atom is 0.332 e. The van der Waals surface area contributed by atoms with Crippen LogP contribution in [0.25, 0.3) is 0 Å². The molecule has 0 spiro atoms. The lowest BCUT2D eigenvalue weighted by Gasteiger charge is -2.19. The van der Waals surface area contributed by atoms with E-state index in [9.17, 15) is 28.8 Å². The molecule has 0 aromatic heterocycles. The van der Waals surface area contributed by atoms with Crippen LogP contribution < -0.4 is 5.32 Å². The molecule has 14 nitrogen and oxygen atoms in total. The highest BCUT2D eigenvalue weighted by Crippen LogP contribution is 2.07. The molecule has 0 bridgehead atoms. The molecule has 0 atom stereocenters. The molecule has 238 valence electrons. The molecular formula is C28H44N2O12. The molecule has 0 aromatic carbocycles. The average Bonchev–Trinajstić information content (AvgIpc) is 3.22. The number of ether oxygens (including phenoxy) is 6. The molecule has 1 rings (SSSR count). The van der Waals surface area contributed by atoms with Crippen molar-refractivity contribution in [2.75, 3.05) is 79.2 Å². The van der Waals surface area contributed by atoms with E-state index in [0.29, 0.717) is 19.4 Å². The number of Topliss-reactive ketones (excluding diaryl/α,β-unsaturated/α-hetero) is 2. The largest absolute Gasteiger partial charge is 0.458 e. The fourth-order valence-electron chi connectivity index (χ4n) is 3.33. The molecule has 0 aliphatic carbocycles. The van der Waals surface area contributed by atoms with E-state index in [1.807, 2.05) is 0 Å². The van der Waals surface area contributed by atoms with Gasteiger partial charge in [-0.1, -0.05) is 0 Å². The smallest absolute Gasteiger partial charge is 0.332 e. The fourth-order valence-corrected chi connectivity index (χ4v) is 3.33. The van der Waals surface area contributed by atoms with Crippen molar-refractivity contribution in [1.29, 1.82) is 0 Å². The first-order chi connectivity index (χ1) is 20.0. The maximum atomic E-state index is 11.8. The summed E-state index contributed by atoms with van der Waals surface area (Å²) in [5.41, 5.74) is -0.600. The van der Waals surface area contributed by atoms with Crippen LogP contribution in [-0.2, 0) is 57.2 Å². The number of imide groups is 1. The number of esters is 1. The third kappa shape index (κ3) is 19.9. The lowest BCUT2D eigenvalue weighted by molar-refractivity contribution is -0.160. The molecule has 14 heteroatoms. The lowest BCUT2D eigenvalue weighted by atomic mass is 10.2. The predicted octanol–water partition coefficient (Wildman–Crippen LogP) is 0.151. The van der Waals surface area contributed by atoms with Crippen LogP contribution in [0.1, 0.15) is 46.5 Å². The standard InChI is InChI=1S/C28H44N2O12/c1-28(2,3)42-27(36)21-41-19-23(32)7-5-12-37-14-17-40-20-24(33)29-10-13-38-15-16-39-18-22(31)6-4-11-30-25(34)8-9-26(30)35/h8-9H,4-7,10-21H2,1-3H3,(H,29,33). The van der Waals surface area contributed by atoms with Gasteiger partial charge in [-0.15, -0.1) is 0 Å². The van der Waals surface area contributed by atoms with Gasteiger partial charge in [-0.05, 0) is 33.6 Å². The zero-order valence-corrected chi connectivity index (χ0v) is 24.8. The fraction of sp³-hybridized carbons (Fsp3) is 0.714. The number of hydrogen-bond donors (Lipinski definition) is 1. The van der Waals surface area contributed by atoms with Crippen LogP contribution in [0, 0.1) is 0 Å². The van der Waals surface area contributed by atoms with Crippen molar-refractivity contribution >= 4 is 35.3 Å². The van der Waals surface area contributed by atoms with Crippen molar-refractivity contribution in [2.45, 2.75) is 52.1 Å². The second-order valence-corrected chi connectivity index (χ2v) is 10.2. The van der Waals surface area contributed by atoms with Crippen LogP contribution in [0.4, 0.5) is 0 Å². The molecule has 0 unspecified atom stereocenters. The third-order valence-corrected chi connectivity index (χ3v) is 5.19. The van der Waals surface area contributed by atoms with Gasteiger partial charge < -0.3 is 33.7 Å². The summed E-state index contributed by atoms with van der Waals surface area (Å²) in [4.78, 5) is 70.8. The molecule has 0 aromatic rings. The summed E-state index contributed by atoms with van der Waals surface area (Å²) < 4.78 is 31.3. The van der Waals surface area contributed by atoms with Crippen molar-refractivity contribution in [3.8, 4) is 0 Å². The average molecular weight is 601 g/mol. The molecule has 3 amide bonds. The Balaban J connectivity index is 1.84. The van der Waals surface area contributed by atoms with Crippen molar-refractivity contribution in [3.05, 3.63) is 12.2 Å². The SMILES string of the molecule is CC(C)(C)OC(=O)COCC(=O)CCCOCCOCC(=O)NCCOCCOCC(=O)CCCN1C(=O)C=CC1=O. The zero-order chi connectivity index (χ0) is 31.2. The van der Waals surface area contributed by atoms with E-state index >= 15 is 0 Å². The van der Waals surface area contributed by atoms with Crippen molar-refractivity contribution in [1.82, 2.24) is 10.2 Å². The molecule has 0 saturated heterocycles. The minimum Gasteiger partial charge on any atom is -0.458 e. The quantitative estimate of drug-likeness (QED) is 0.0855. The highest BCUT2D eigenvalue weighted by atomic mass is 16.6. The molecule has 1 N–H and O–H groups in total. The number of ketones is 2. The number of nitrogens with zero attached hydrogens (tertiary/aromatic N) is 1. The van der Waals surface area contributed by atoms with Gasteiger partial charge in [0, 0.05) is 44.7 Å². The minimum atomic E-state index is -0.600. The number of rotatable bonds is 25. The number of amides is 3. The summed E-state index contributed by atoms with van der Waals surface area (Å²) in [7, 11) is 0. The van der Waals surface area contributed by atoms with E-state index in [0.717, 1.165) is 4.90 Å². The van der Waals surface area contributed by atoms with Gasteiger partial charge in [-0.25, -0.2) is 4.79 Å². The first kappa shape index (κ1) is 37.0. The van der Waals surface area contributed by atoms with Gasteiger partial charge in [-0.3, -0.25) is 28.9 Å². The van der Waals surface area contributed by atoms with E-state index in [-0.39, 0.29) is 115 Å². The third-order valence-electron chi connectivity index (χ3n) is 5.19. The Morgan fingerprint density at radius 3 is 1.88 bits per heavy atom. The van der Waals surface area contributed by atoms with Crippen molar-refractivity contribution in [2.24, 2.45) is 0 Å². The van der Waals surface area contributed by atoms with E-state index in [4.69, 9.17) is 28.4 Å². The summed E-state index contributed by atoms with van der Waals surface area (Å²) >= 11 is 0. The van der Waals surface area contributed by atoms with Crippen LogP contribution in [0.3, 0.4) is 0 Å². The van der Waals surface area contributed by atoms with Gasteiger partial charge in [0.1, 0.15) is 32.0 Å². The van der Waals surface area contributed by atoms with Crippen molar-refractivity contribution < 1.29 is 57.2 Å². The van der Waals surface area contributed by atoms with Crippen LogP contribution in [0.15, 0.2) is 12.2 Å². The molecule has 1 aliphatic heterocycles. The van der Waals surface area contributed by atoms with E-state index < -0.39 is 11.6 Å². The molecule has 0 radical (unpaired) electrons. The van der Waals surface area contributed by atoms with E-state index in [1.54, 1.807) is 20.8 Å². The molecule has 42 heavy (non-hydrogen) atoms. The van der Waals surface area contributed by atoms with Crippen LogP contribution >= 0.6 is 0 Å². The molecule has 1 aliphatic rings. The second-order valence-electron chi connectivity index (χ2n) is 10.2. The molecular weight excluding hydrogens is 556 g/mol. The summed E-state index contributed by atoms with van der Waals surface area (Å²) in [6.45, 7) is 6.68. The van der Waals surface area contributed by atoms with E-state index in [1.165, 1.54) is 12.2 Å². The molecule has 0 fully saturated rings. The number of nitrogens with one attached hydrogen (secondary N) is 1. The Kier molecular flexibility index (Phi) is 19.0. The first-order valence-corrected chi connectivity index (χ1v) is 13.9. The van der Waals surface area contributed by atoms with Gasteiger partial charge in [0.2, 0.25) is 5.91 Å². The van der Waals surface area contributed by atoms with Crippen LogP contribution in [-0.4, -0.2) is 125 Å². The second kappa shape index (κ2) is 21.6. The van der Waals surface area contributed by atoms with E-state index in [2.05, 4.69) is 5.32 Å². The van der Waals surface area contributed by atoms with Crippen LogP contribution in [0.2, 0.25) is 0 Å². The first-order valence-electron chi connectivity index (χ1n) is 13.9. The van der Waals surface area contributed by atoms with Gasteiger partial charge in [0.05, 0.1) is 33.0 Å². The number of carbonyl (C=O) groups excluding carboxylic acids is 6. The summed E-state index contributed by atoms with van der Waals surface area (Å²) in [6.07, 6.45) is 3.76. The van der Waals surface area contributed by atoms with Gasteiger partial charge in [-0.2, -0.15) is 0 Å². The normalized spacial score (nSPS) is 13.1. The summed E-state index contributed by atoms with van der Waals surface area (Å²) in [6, 6.07) is 0. The lowest BCUT2D eigenvalue weighted by Crippen LogP contribution is -2.31. The van der Waals surface area contributed by atoms with Gasteiger partial charge in [0.15, 0.2) is 11.6 Å². The van der Waals surface area contributed by atoms with Gasteiger partial charge in [0.25, 0.3) is 11.8 Å². The van der Waals surface area contributed by atoms with Crippen molar-refractivity contribution in [3.63, 3.8) is 0 Å². The number of hydrogen-bond acceptors (Lipinski definition) is 12. The Morgan fingerprint density at radius 1 is 0.690 bits per heavy atom. The van der Waals surface area contributed by atoms with Crippen LogP contribution in [0.5, 0.6) is 0 Å². The predicted molar refractivity (Wildman–Crippen MR) is 147 cm³/mol. The molecule has 1 heterocycles. The Bertz CT molecular complexity index is 895. The Morgan fingerprint density at radius 2 is 1.24 bits per heavy atom. The zero-order valence-electron chi connectivity index (χ0n) is 24.8. The topological polar surface area (TPSA) is 173 Å². The Hall–Kier alpha value is -3.04. The maximum absolute atomic E-state index is 11.8. The minimum absolute atomic E-state index is 0.0776. The van der Waals surface area contributed by atoms with Gasteiger partial charge >= 0.3 is 5.97 Å².